The molecule has 0 unspecified atom stereocenters. The highest BCUT2D eigenvalue weighted by Crippen LogP contribution is 2.26. The van der Waals surface area contributed by atoms with Crippen molar-refractivity contribution in [2.24, 2.45) is 5.10 Å². The largest absolute Gasteiger partial charge is 0.496 e. The molecule has 0 fully saturated rings. The van der Waals surface area contributed by atoms with E-state index in [-0.39, 0.29) is 18.3 Å². The molecule has 5 nitrogen and oxygen atoms in total. The van der Waals surface area contributed by atoms with Crippen LogP contribution in [0.5, 0.6) is 11.5 Å². The highest BCUT2D eigenvalue weighted by Gasteiger charge is 2.13. The third kappa shape index (κ3) is 4.92. The third-order valence-corrected chi connectivity index (χ3v) is 4.91. The molecule has 1 N–H and O–H groups in total. The van der Waals surface area contributed by atoms with Crippen LogP contribution in [0.2, 0.25) is 0 Å². The van der Waals surface area contributed by atoms with Crippen molar-refractivity contribution in [2.75, 3.05) is 7.11 Å². The molecule has 0 heterocycles. The first-order chi connectivity index (χ1) is 15.6. The second kappa shape index (κ2) is 9.75. The number of carbonyl (C=O) groups excluding carboxylic acids is 1. The molecule has 4 aromatic carbocycles. The Morgan fingerprint density at radius 3 is 2.38 bits per heavy atom. The van der Waals surface area contributed by atoms with Crippen molar-refractivity contribution in [3.63, 3.8) is 0 Å². The molecule has 160 valence electrons. The summed E-state index contributed by atoms with van der Waals surface area (Å²) in [5.41, 5.74) is 4.48. The molecule has 0 aliphatic heterocycles. The van der Waals surface area contributed by atoms with Crippen molar-refractivity contribution in [3.8, 4) is 11.5 Å². The Labute approximate surface area is 185 Å². The van der Waals surface area contributed by atoms with E-state index in [4.69, 9.17) is 9.47 Å². The van der Waals surface area contributed by atoms with Crippen molar-refractivity contribution in [3.05, 3.63) is 107 Å². The molecule has 0 aliphatic rings. The first-order valence-electron chi connectivity index (χ1n) is 10.0. The first-order valence-corrected chi connectivity index (χ1v) is 10.0. The van der Waals surface area contributed by atoms with Crippen LogP contribution in [0.1, 0.15) is 21.5 Å². The minimum Gasteiger partial charge on any atom is -0.496 e. The highest BCUT2D eigenvalue weighted by molar-refractivity contribution is 6.02. The van der Waals surface area contributed by atoms with Crippen LogP contribution < -0.4 is 14.9 Å². The van der Waals surface area contributed by atoms with E-state index in [1.165, 1.54) is 25.5 Å². The number of para-hydroxylation sites is 1. The second-order valence-corrected chi connectivity index (χ2v) is 7.05. The third-order valence-electron chi connectivity index (χ3n) is 4.91. The maximum Gasteiger partial charge on any atom is 0.275 e. The number of nitrogens with zero attached hydrogens (tertiary/aromatic N) is 1. The molecular weight excluding hydrogens is 407 g/mol. The van der Waals surface area contributed by atoms with Crippen molar-refractivity contribution in [1.29, 1.82) is 0 Å². The maximum absolute atomic E-state index is 13.1. The summed E-state index contributed by atoms with van der Waals surface area (Å²) in [5.74, 6) is 0.395. The van der Waals surface area contributed by atoms with Crippen molar-refractivity contribution in [2.45, 2.75) is 6.61 Å². The number of carbonyl (C=O) groups is 1. The Kier molecular flexibility index (Phi) is 6.41. The van der Waals surface area contributed by atoms with E-state index < -0.39 is 0 Å². The molecule has 0 atom stereocenters. The van der Waals surface area contributed by atoms with E-state index in [1.807, 2.05) is 48.5 Å². The lowest BCUT2D eigenvalue weighted by molar-refractivity contribution is 0.0952. The Balaban J connectivity index is 1.47. The number of nitrogens with one attached hydrogen (secondary N) is 1. The lowest BCUT2D eigenvalue weighted by atomic mass is 10.1. The summed E-state index contributed by atoms with van der Waals surface area (Å²) < 4.78 is 24.3. The monoisotopic (exact) mass is 428 g/mol. The van der Waals surface area contributed by atoms with Crippen LogP contribution in [0.3, 0.4) is 0 Å². The number of halogens is 1. The normalized spacial score (nSPS) is 10.9. The first kappa shape index (κ1) is 21.1. The van der Waals surface area contributed by atoms with Gasteiger partial charge in [0.05, 0.1) is 18.9 Å². The molecule has 0 saturated heterocycles. The van der Waals surface area contributed by atoms with Crippen molar-refractivity contribution in [1.82, 2.24) is 5.43 Å². The quantitative estimate of drug-likeness (QED) is 0.320. The Morgan fingerprint density at radius 1 is 0.938 bits per heavy atom. The molecule has 0 aliphatic carbocycles. The molecule has 0 aromatic heterocycles. The Bertz CT molecular complexity index is 1270. The molecule has 32 heavy (non-hydrogen) atoms. The molecule has 4 rings (SSSR count). The SMILES string of the molecule is COc1cc2ccccc2cc1C(=O)N/N=C\c1ccccc1OCc1ccc(F)cc1. The Hall–Kier alpha value is -4.19. The minimum atomic E-state index is -0.381. The summed E-state index contributed by atoms with van der Waals surface area (Å²) >= 11 is 0. The number of benzene rings is 4. The molecular formula is C26H21FN2O3. The summed E-state index contributed by atoms with van der Waals surface area (Å²) in [4.78, 5) is 12.7. The summed E-state index contributed by atoms with van der Waals surface area (Å²) in [7, 11) is 1.53. The summed E-state index contributed by atoms with van der Waals surface area (Å²) in [6, 6.07) is 24.8. The number of hydrazone groups is 1. The molecule has 0 spiro atoms. The predicted molar refractivity (Wildman–Crippen MR) is 123 cm³/mol. The molecule has 1 amide bonds. The van der Waals surface area contributed by atoms with Gasteiger partial charge in [0, 0.05) is 5.56 Å². The van der Waals surface area contributed by atoms with Gasteiger partial charge in [-0.05, 0) is 52.7 Å². The zero-order valence-corrected chi connectivity index (χ0v) is 17.4. The van der Waals surface area contributed by atoms with Gasteiger partial charge in [-0.3, -0.25) is 4.79 Å². The number of methoxy groups -OCH3 is 1. The molecule has 0 bridgehead atoms. The zero-order valence-electron chi connectivity index (χ0n) is 17.4. The number of hydrogen-bond acceptors (Lipinski definition) is 4. The second-order valence-electron chi connectivity index (χ2n) is 7.05. The van der Waals surface area contributed by atoms with Crippen LogP contribution in [0.4, 0.5) is 4.39 Å². The van der Waals surface area contributed by atoms with Gasteiger partial charge in [0.15, 0.2) is 0 Å². The minimum absolute atomic E-state index is 0.284. The van der Waals surface area contributed by atoms with Crippen LogP contribution in [0, 0.1) is 5.82 Å². The average molecular weight is 428 g/mol. The fourth-order valence-corrected chi connectivity index (χ4v) is 3.25. The van der Waals surface area contributed by atoms with Gasteiger partial charge in [0.25, 0.3) is 5.91 Å². The van der Waals surface area contributed by atoms with Gasteiger partial charge in [-0.1, -0.05) is 48.5 Å². The predicted octanol–water partition coefficient (Wildman–Crippen LogP) is 5.33. The van der Waals surface area contributed by atoms with E-state index >= 15 is 0 Å². The Morgan fingerprint density at radius 2 is 1.62 bits per heavy atom. The van der Waals surface area contributed by atoms with Crippen LogP contribution >= 0.6 is 0 Å². The van der Waals surface area contributed by atoms with Crippen LogP contribution in [-0.4, -0.2) is 19.2 Å². The van der Waals surface area contributed by atoms with E-state index in [2.05, 4.69) is 10.5 Å². The van der Waals surface area contributed by atoms with Gasteiger partial charge in [-0.2, -0.15) is 5.10 Å². The maximum atomic E-state index is 13.1. The highest BCUT2D eigenvalue weighted by atomic mass is 19.1. The molecule has 0 saturated carbocycles. The van der Waals surface area contributed by atoms with Crippen molar-refractivity contribution >= 4 is 22.9 Å². The van der Waals surface area contributed by atoms with Gasteiger partial charge in [0.1, 0.15) is 23.9 Å². The number of rotatable bonds is 7. The van der Waals surface area contributed by atoms with Gasteiger partial charge < -0.3 is 9.47 Å². The summed E-state index contributed by atoms with van der Waals surface area (Å²) in [5, 5.41) is 6.01. The van der Waals surface area contributed by atoms with E-state index in [0.29, 0.717) is 22.6 Å². The zero-order chi connectivity index (χ0) is 22.3. The average Bonchev–Trinajstić information content (AvgIpc) is 2.83. The molecule has 4 aromatic rings. The summed E-state index contributed by atoms with van der Waals surface area (Å²) in [6.45, 7) is 0.284. The van der Waals surface area contributed by atoms with Gasteiger partial charge in [-0.25, -0.2) is 9.82 Å². The number of ether oxygens (including phenoxy) is 2. The lowest BCUT2D eigenvalue weighted by Gasteiger charge is -2.10. The standard InChI is InChI=1S/C26H21FN2O3/c1-31-25-15-20-7-3-2-6-19(20)14-23(25)26(30)29-28-16-21-8-4-5-9-24(21)32-17-18-10-12-22(27)13-11-18/h2-16H,17H2,1H3,(H,29,30)/b28-16-. The number of hydrogen-bond donors (Lipinski definition) is 1. The molecule has 6 heteroatoms. The fraction of sp³-hybridized carbons (Fsp3) is 0.0769. The smallest absolute Gasteiger partial charge is 0.275 e. The molecule has 0 radical (unpaired) electrons. The van der Waals surface area contributed by atoms with Crippen LogP contribution in [-0.2, 0) is 6.61 Å². The summed E-state index contributed by atoms with van der Waals surface area (Å²) in [6.07, 6.45) is 1.52. The van der Waals surface area contributed by atoms with Crippen LogP contribution in [0.25, 0.3) is 10.8 Å². The van der Waals surface area contributed by atoms with E-state index in [0.717, 1.165) is 16.3 Å². The van der Waals surface area contributed by atoms with Crippen molar-refractivity contribution < 1.29 is 18.7 Å². The van der Waals surface area contributed by atoms with E-state index in [9.17, 15) is 9.18 Å². The van der Waals surface area contributed by atoms with Gasteiger partial charge >= 0.3 is 0 Å². The fourth-order valence-electron chi connectivity index (χ4n) is 3.25. The number of amides is 1. The number of fused-ring (bicyclic) bond motifs is 1. The van der Waals surface area contributed by atoms with E-state index in [1.54, 1.807) is 24.3 Å². The lowest BCUT2D eigenvalue weighted by Crippen LogP contribution is -2.18. The van der Waals surface area contributed by atoms with Gasteiger partial charge in [-0.15, -0.1) is 0 Å². The topological polar surface area (TPSA) is 59.9 Å². The van der Waals surface area contributed by atoms with Gasteiger partial charge in [0.2, 0.25) is 0 Å². The van der Waals surface area contributed by atoms with Crippen LogP contribution in [0.15, 0.2) is 90.0 Å².